The van der Waals surface area contributed by atoms with E-state index in [0.717, 1.165) is 33.6 Å². The number of rotatable bonds is 4. The number of hydrogen-bond donors (Lipinski definition) is 1. The minimum atomic E-state index is -0.329. The van der Waals surface area contributed by atoms with Gasteiger partial charge >= 0.3 is 0 Å². The average molecular weight is 360 g/mol. The van der Waals surface area contributed by atoms with E-state index in [4.69, 9.17) is 17.3 Å². The fraction of sp³-hybridized carbons (Fsp3) is 0.357. The number of nitrogens with zero attached hydrogens (tertiary/aromatic N) is 1. The van der Waals surface area contributed by atoms with Crippen LogP contribution in [0.25, 0.3) is 11.3 Å². The highest BCUT2D eigenvalue weighted by Gasteiger charge is 2.26. The molecular weight excluding hydrogens is 344 g/mol. The van der Waals surface area contributed by atoms with Gasteiger partial charge in [0, 0.05) is 15.4 Å². The van der Waals surface area contributed by atoms with Crippen LogP contribution in [-0.4, -0.2) is 4.98 Å². The summed E-state index contributed by atoms with van der Waals surface area (Å²) in [5.74, 6) is 0. The molecule has 2 nitrogen and oxygen atoms in total. The van der Waals surface area contributed by atoms with Crippen molar-refractivity contribution in [3.63, 3.8) is 0 Å². The van der Waals surface area contributed by atoms with Crippen molar-refractivity contribution < 1.29 is 0 Å². The summed E-state index contributed by atoms with van der Waals surface area (Å²) >= 11 is 11.3. The Morgan fingerprint density at radius 2 is 2.05 bits per heavy atom. The monoisotopic (exact) mass is 358 g/mol. The molecule has 2 N–H and O–H groups in total. The summed E-state index contributed by atoms with van der Waals surface area (Å²) in [5.41, 5.74) is 7.89. The quantitative estimate of drug-likeness (QED) is 0.815. The van der Waals surface area contributed by atoms with Gasteiger partial charge in [-0.15, -0.1) is 11.3 Å². The molecule has 19 heavy (non-hydrogen) atoms. The first-order chi connectivity index (χ1) is 9.00. The highest BCUT2D eigenvalue weighted by atomic mass is 79.9. The minimum absolute atomic E-state index is 0.329. The summed E-state index contributed by atoms with van der Waals surface area (Å²) in [6, 6.07) is 5.82. The van der Waals surface area contributed by atoms with Crippen LogP contribution < -0.4 is 5.73 Å². The van der Waals surface area contributed by atoms with Crippen molar-refractivity contribution in [2.45, 2.75) is 32.2 Å². The van der Waals surface area contributed by atoms with E-state index in [9.17, 15) is 0 Å². The van der Waals surface area contributed by atoms with E-state index < -0.39 is 0 Å². The Balaban J connectivity index is 2.41. The lowest BCUT2D eigenvalue weighted by Crippen LogP contribution is -2.34. The van der Waals surface area contributed by atoms with Gasteiger partial charge in [0.25, 0.3) is 0 Å². The van der Waals surface area contributed by atoms with Gasteiger partial charge in [-0.1, -0.05) is 47.4 Å². The van der Waals surface area contributed by atoms with Gasteiger partial charge in [-0.05, 0) is 25.0 Å². The van der Waals surface area contributed by atoms with Crippen LogP contribution in [-0.2, 0) is 5.54 Å². The van der Waals surface area contributed by atoms with Crippen LogP contribution in [0.2, 0.25) is 5.02 Å². The van der Waals surface area contributed by atoms with Crippen LogP contribution in [0.4, 0.5) is 0 Å². The number of hydrogen-bond acceptors (Lipinski definition) is 3. The van der Waals surface area contributed by atoms with Crippen molar-refractivity contribution >= 4 is 38.9 Å². The summed E-state index contributed by atoms with van der Waals surface area (Å²) in [4.78, 5) is 4.68. The minimum Gasteiger partial charge on any atom is -0.319 e. The fourth-order valence-corrected chi connectivity index (χ4v) is 3.72. The maximum Gasteiger partial charge on any atom is 0.113 e. The molecule has 0 saturated heterocycles. The van der Waals surface area contributed by atoms with Crippen molar-refractivity contribution in [1.29, 1.82) is 0 Å². The van der Waals surface area contributed by atoms with Gasteiger partial charge in [-0.3, -0.25) is 0 Å². The lowest BCUT2D eigenvalue weighted by Gasteiger charge is -2.23. The van der Waals surface area contributed by atoms with E-state index in [1.807, 2.05) is 23.6 Å². The Hall–Kier alpha value is -0.420. The Labute approximate surface area is 131 Å². The molecule has 2 aromatic rings. The molecule has 1 aromatic heterocycles. The van der Waals surface area contributed by atoms with Gasteiger partial charge in [-0.25, -0.2) is 4.98 Å². The molecule has 0 fully saturated rings. The smallest absolute Gasteiger partial charge is 0.113 e. The number of nitrogens with two attached hydrogens (primary N) is 1. The van der Waals surface area contributed by atoms with Crippen LogP contribution >= 0.6 is 38.9 Å². The first-order valence-electron chi connectivity index (χ1n) is 6.20. The third kappa shape index (κ3) is 3.02. The molecule has 0 aliphatic rings. The second kappa shape index (κ2) is 5.92. The largest absolute Gasteiger partial charge is 0.319 e. The van der Waals surface area contributed by atoms with E-state index in [0.29, 0.717) is 5.02 Å². The van der Waals surface area contributed by atoms with Crippen molar-refractivity contribution in [2.24, 2.45) is 5.73 Å². The van der Waals surface area contributed by atoms with Crippen molar-refractivity contribution in [1.82, 2.24) is 4.98 Å². The van der Waals surface area contributed by atoms with Crippen LogP contribution in [0.5, 0.6) is 0 Å². The zero-order chi connectivity index (χ0) is 14.0. The highest BCUT2D eigenvalue weighted by molar-refractivity contribution is 9.10. The standard InChI is InChI=1S/C14H16BrClN2S/c1-3-14(17,4-2)13-18-12(8-19-13)10-6-5-9(15)7-11(10)16/h5-8H,3-4,17H2,1-2H3. The van der Waals surface area contributed by atoms with Crippen molar-refractivity contribution in [3.8, 4) is 11.3 Å². The van der Waals surface area contributed by atoms with Crippen LogP contribution in [0.1, 0.15) is 31.7 Å². The number of thiazole rings is 1. The Morgan fingerprint density at radius 3 is 2.63 bits per heavy atom. The van der Waals surface area contributed by atoms with Gasteiger partial charge in [0.1, 0.15) is 5.01 Å². The SMILES string of the molecule is CCC(N)(CC)c1nc(-c2ccc(Br)cc2Cl)cs1. The first kappa shape index (κ1) is 15.0. The predicted molar refractivity (Wildman–Crippen MR) is 86.7 cm³/mol. The lowest BCUT2D eigenvalue weighted by atomic mass is 9.95. The summed E-state index contributed by atoms with van der Waals surface area (Å²) in [6.07, 6.45) is 1.76. The zero-order valence-electron chi connectivity index (χ0n) is 10.9. The second-order valence-electron chi connectivity index (χ2n) is 4.53. The summed E-state index contributed by atoms with van der Waals surface area (Å²) in [5, 5.41) is 3.70. The average Bonchev–Trinajstić information content (AvgIpc) is 2.88. The highest BCUT2D eigenvalue weighted by Crippen LogP contribution is 2.35. The summed E-state index contributed by atoms with van der Waals surface area (Å²) < 4.78 is 0.965. The number of benzene rings is 1. The topological polar surface area (TPSA) is 38.9 Å². The third-order valence-corrected chi connectivity index (χ3v) is 5.27. The van der Waals surface area contributed by atoms with E-state index in [-0.39, 0.29) is 5.54 Å². The van der Waals surface area contributed by atoms with Gasteiger partial charge in [0.15, 0.2) is 0 Å². The normalized spacial score (nSPS) is 11.8. The molecule has 0 saturated carbocycles. The first-order valence-corrected chi connectivity index (χ1v) is 8.25. The maximum absolute atomic E-state index is 6.38. The molecule has 0 amide bonds. The fourth-order valence-electron chi connectivity index (χ4n) is 1.88. The molecule has 2 rings (SSSR count). The van der Waals surface area contributed by atoms with E-state index in [1.165, 1.54) is 0 Å². The molecule has 0 aliphatic heterocycles. The van der Waals surface area contributed by atoms with Crippen LogP contribution in [0, 0.1) is 0 Å². The number of halogens is 2. The van der Waals surface area contributed by atoms with E-state index in [1.54, 1.807) is 11.3 Å². The van der Waals surface area contributed by atoms with Gasteiger partial charge in [-0.2, -0.15) is 0 Å². The van der Waals surface area contributed by atoms with Gasteiger partial charge in [0.2, 0.25) is 0 Å². The van der Waals surface area contributed by atoms with Crippen molar-refractivity contribution in [3.05, 3.63) is 38.1 Å². The molecule has 0 radical (unpaired) electrons. The van der Waals surface area contributed by atoms with Gasteiger partial charge < -0.3 is 5.73 Å². The molecule has 1 heterocycles. The van der Waals surface area contributed by atoms with E-state index in [2.05, 4.69) is 34.8 Å². The Kier molecular flexibility index (Phi) is 4.66. The molecule has 0 aliphatic carbocycles. The lowest BCUT2D eigenvalue weighted by molar-refractivity contribution is 0.411. The predicted octanol–water partition coefficient (Wildman–Crippen LogP) is 5.20. The Morgan fingerprint density at radius 1 is 1.37 bits per heavy atom. The molecule has 5 heteroatoms. The summed E-state index contributed by atoms with van der Waals surface area (Å²) in [6.45, 7) is 4.19. The molecule has 0 atom stereocenters. The molecule has 0 bridgehead atoms. The summed E-state index contributed by atoms with van der Waals surface area (Å²) in [7, 11) is 0. The van der Waals surface area contributed by atoms with Crippen molar-refractivity contribution in [2.75, 3.05) is 0 Å². The molecule has 0 unspecified atom stereocenters. The number of aromatic nitrogens is 1. The van der Waals surface area contributed by atoms with Crippen LogP contribution in [0.15, 0.2) is 28.1 Å². The molecular formula is C14H16BrClN2S. The second-order valence-corrected chi connectivity index (χ2v) is 6.71. The zero-order valence-corrected chi connectivity index (χ0v) is 14.1. The molecule has 0 spiro atoms. The Bertz CT molecular complexity index is 579. The van der Waals surface area contributed by atoms with Gasteiger partial charge in [0.05, 0.1) is 16.3 Å². The van der Waals surface area contributed by atoms with E-state index >= 15 is 0 Å². The maximum atomic E-state index is 6.38. The van der Waals surface area contributed by atoms with Crippen LogP contribution in [0.3, 0.4) is 0 Å². The molecule has 102 valence electrons. The molecule has 1 aromatic carbocycles. The third-order valence-electron chi connectivity index (χ3n) is 3.40.